The number of rotatable bonds is 5. The lowest BCUT2D eigenvalue weighted by Gasteiger charge is -2.18. The van der Waals surface area contributed by atoms with Gasteiger partial charge in [-0.1, -0.05) is 51.8 Å². The highest BCUT2D eigenvalue weighted by molar-refractivity contribution is 5.99. The van der Waals surface area contributed by atoms with Crippen molar-refractivity contribution in [1.29, 1.82) is 5.26 Å². The maximum atomic E-state index is 11.5. The highest BCUT2D eigenvalue weighted by Gasteiger charge is 2.14. The standard InChI is InChI=1S/C18H21N3O2.C2H6.CHF3/c1-3-17(22)20-15-11-14(18(23-2)21-16(15)12-19)10-9-13-7-5-4-6-8-13;1-2;2-1(3)4/h3,9-11,13H,1,4-8H2,2H3,(H,20,22);1-2H3;1H/b10-9+;;. The third-order valence-electron chi connectivity index (χ3n) is 3.96. The van der Waals surface area contributed by atoms with Crippen LogP contribution in [0.15, 0.2) is 24.8 Å². The monoisotopic (exact) mass is 411 g/mol. The number of ether oxygens (including phenoxy) is 1. The molecule has 8 heteroatoms. The van der Waals surface area contributed by atoms with Gasteiger partial charge < -0.3 is 10.1 Å². The third-order valence-corrected chi connectivity index (χ3v) is 3.96. The van der Waals surface area contributed by atoms with Gasteiger partial charge in [0.15, 0.2) is 5.69 Å². The maximum absolute atomic E-state index is 11.5. The number of amides is 1. The number of hydrogen-bond donors (Lipinski definition) is 1. The number of allylic oxidation sites excluding steroid dienone is 1. The molecule has 0 saturated heterocycles. The molecule has 29 heavy (non-hydrogen) atoms. The summed E-state index contributed by atoms with van der Waals surface area (Å²) < 4.78 is 34.3. The van der Waals surface area contributed by atoms with E-state index in [1.807, 2.05) is 26.0 Å². The Morgan fingerprint density at radius 2 is 1.93 bits per heavy atom. The second-order valence-electron chi connectivity index (χ2n) is 5.79. The van der Waals surface area contributed by atoms with Crippen molar-refractivity contribution in [3.05, 3.63) is 36.1 Å². The predicted octanol–water partition coefficient (Wildman–Crippen LogP) is 5.88. The minimum absolute atomic E-state index is 0.117. The smallest absolute Gasteiger partial charge is 0.379 e. The Morgan fingerprint density at radius 1 is 1.34 bits per heavy atom. The molecule has 0 bridgehead atoms. The number of methoxy groups -OCH3 is 1. The molecular weight excluding hydrogens is 383 g/mol. The van der Waals surface area contributed by atoms with Crippen LogP contribution >= 0.6 is 0 Å². The Balaban J connectivity index is 0.00000116. The quantitative estimate of drug-likeness (QED) is 0.614. The topological polar surface area (TPSA) is 75.0 Å². The summed E-state index contributed by atoms with van der Waals surface area (Å²) in [5.41, 5.74) is 1.23. The summed E-state index contributed by atoms with van der Waals surface area (Å²) in [6.45, 7) is 3.75. The molecule has 1 saturated carbocycles. The Labute approximate surface area is 170 Å². The van der Waals surface area contributed by atoms with Crippen molar-refractivity contribution >= 4 is 17.7 Å². The van der Waals surface area contributed by atoms with Crippen LogP contribution in [0.5, 0.6) is 5.88 Å². The fourth-order valence-corrected chi connectivity index (χ4v) is 2.73. The van der Waals surface area contributed by atoms with Crippen molar-refractivity contribution in [3.63, 3.8) is 0 Å². The first-order valence-electron chi connectivity index (χ1n) is 9.44. The van der Waals surface area contributed by atoms with Crippen molar-refractivity contribution in [2.45, 2.75) is 52.6 Å². The maximum Gasteiger partial charge on any atom is 0.379 e. The molecule has 1 aliphatic rings. The number of carbonyl (C=O) groups excluding carboxylic acids is 1. The molecule has 2 rings (SSSR count). The van der Waals surface area contributed by atoms with Gasteiger partial charge >= 0.3 is 6.68 Å². The number of nitrogens with one attached hydrogen (secondary N) is 1. The second kappa shape index (κ2) is 15.1. The van der Waals surface area contributed by atoms with Crippen molar-refractivity contribution < 1.29 is 22.7 Å². The summed E-state index contributed by atoms with van der Waals surface area (Å²) in [6.07, 6.45) is 11.5. The Kier molecular flexibility index (Phi) is 13.7. The first-order valence-corrected chi connectivity index (χ1v) is 9.44. The summed E-state index contributed by atoms with van der Waals surface area (Å²) >= 11 is 0. The van der Waals surface area contributed by atoms with Crippen LogP contribution in [0.3, 0.4) is 0 Å². The molecule has 1 fully saturated rings. The molecule has 0 radical (unpaired) electrons. The normalized spacial score (nSPS) is 13.4. The van der Waals surface area contributed by atoms with Gasteiger partial charge in [0.1, 0.15) is 6.07 Å². The van der Waals surface area contributed by atoms with E-state index < -0.39 is 6.68 Å². The van der Waals surface area contributed by atoms with Gasteiger partial charge in [0, 0.05) is 5.56 Å². The number of anilines is 1. The zero-order valence-electron chi connectivity index (χ0n) is 17.1. The van der Waals surface area contributed by atoms with Crippen LogP contribution in [0, 0.1) is 17.2 Å². The van der Waals surface area contributed by atoms with Crippen LogP contribution < -0.4 is 10.1 Å². The van der Waals surface area contributed by atoms with Crippen LogP contribution in [-0.2, 0) is 4.79 Å². The third kappa shape index (κ3) is 10.3. The van der Waals surface area contributed by atoms with Crippen molar-refractivity contribution in [2.24, 2.45) is 5.92 Å². The van der Waals surface area contributed by atoms with Gasteiger partial charge in [-0.2, -0.15) is 23.4 Å². The highest BCUT2D eigenvalue weighted by atomic mass is 19.4. The minimum Gasteiger partial charge on any atom is -0.481 e. The molecule has 0 unspecified atom stereocenters. The molecule has 0 spiro atoms. The molecule has 1 aromatic rings. The van der Waals surface area contributed by atoms with E-state index in [9.17, 15) is 23.2 Å². The fraction of sp³-hybridized carbons (Fsp3) is 0.476. The van der Waals surface area contributed by atoms with E-state index >= 15 is 0 Å². The van der Waals surface area contributed by atoms with Crippen molar-refractivity contribution in [3.8, 4) is 11.9 Å². The zero-order chi connectivity index (χ0) is 22.2. The van der Waals surface area contributed by atoms with Gasteiger partial charge in [-0.15, -0.1) is 0 Å². The van der Waals surface area contributed by atoms with E-state index in [2.05, 4.69) is 23.0 Å². The first-order chi connectivity index (χ1) is 13.9. The summed E-state index contributed by atoms with van der Waals surface area (Å²) in [6, 6.07) is 3.68. The van der Waals surface area contributed by atoms with Gasteiger partial charge in [-0.3, -0.25) is 4.79 Å². The number of nitrogens with zero attached hydrogens (tertiary/aromatic N) is 2. The first kappa shape index (κ1) is 26.2. The number of pyridine rings is 1. The fourth-order valence-electron chi connectivity index (χ4n) is 2.73. The van der Waals surface area contributed by atoms with Gasteiger partial charge in [0.25, 0.3) is 0 Å². The number of alkyl halides is 3. The van der Waals surface area contributed by atoms with E-state index in [0.29, 0.717) is 17.5 Å². The van der Waals surface area contributed by atoms with Gasteiger partial charge in [0.2, 0.25) is 11.8 Å². The number of hydrogen-bond acceptors (Lipinski definition) is 4. The second-order valence-corrected chi connectivity index (χ2v) is 5.79. The van der Waals surface area contributed by atoms with Crippen LogP contribution in [0.2, 0.25) is 0 Å². The molecule has 1 amide bonds. The largest absolute Gasteiger partial charge is 0.481 e. The predicted molar refractivity (Wildman–Crippen MR) is 108 cm³/mol. The molecule has 5 nitrogen and oxygen atoms in total. The molecule has 1 N–H and O–H groups in total. The molecule has 0 atom stereocenters. The van der Waals surface area contributed by atoms with Crippen LogP contribution in [0.1, 0.15) is 57.2 Å². The molecule has 160 valence electrons. The lowest BCUT2D eigenvalue weighted by molar-refractivity contribution is -0.111. The average molecular weight is 411 g/mol. The molecular formula is C21H28F3N3O2. The van der Waals surface area contributed by atoms with E-state index in [-0.39, 0.29) is 11.6 Å². The number of carbonyl (C=O) groups is 1. The number of nitriles is 1. The lowest BCUT2D eigenvalue weighted by Crippen LogP contribution is -2.10. The Hall–Kier alpha value is -2.82. The van der Waals surface area contributed by atoms with Gasteiger partial charge in [-0.25, -0.2) is 0 Å². The van der Waals surface area contributed by atoms with Gasteiger partial charge in [-0.05, 0) is 30.9 Å². The van der Waals surface area contributed by atoms with E-state index in [1.165, 1.54) is 39.2 Å². The highest BCUT2D eigenvalue weighted by Crippen LogP contribution is 2.28. The molecule has 0 aliphatic heterocycles. The lowest BCUT2D eigenvalue weighted by atomic mass is 9.89. The molecule has 1 heterocycles. The molecule has 1 aliphatic carbocycles. The summed E-state index contributed by atoms with van der Waals surface area (Å²) in [5, 5.41) is 11.8. The van der Waals surface area contributed by atoms with Crippen molar-refractivity contribution in [1.82, 2.24) is 4.98 Å². The van der Waals surface area contributed by atoms with E-state index in [0.717, 1.165) is 11.6 Å². The van der Waals surface area contributed by atoms with Crippen molar-refractivity contribution in [2.75, 3.05) is 12.4 Å². The molecule has 1 aromatic heterocycles. The summed E-state index contributed by atoms with van der Waals surface area (Å²) in [5.74, 6) is 0.566. The van der Waals surface area contributed by atoms with E-state index in [4.69, 9.17) is 4.74 Å². The Bertz CT molecular complexity index is 707. The number of aromatic nitrogens is 1. The summed E-state index contributed by atoms with van der Waals surface area (Å²) in [7, 11) is 1.52. The molecule has 0 aromatic carbocycles. The average Bonchev–Trinajstić information content (AvgIpc) is 2.73. The van der Waals surface area contributed by atoms with Crippen LogP contribution in [-0.4, -0.2) is 24.7 Å². The zero-order valence-corrected chi connectivity index (χ0v) is 17.1. The van der Waals surface area contributed by atoms with Crippen LogP contribution in [0.25, 0.3) is 6.08 Å². The minimum atomic E-state index is -3.67. The number of halogens is 3. The van der Waals surface area contributed by atoms with E-state index in [1.54, 1.807) is 6.07 Å². The summed E-state index contributed by atoms with van der Waals surface area (Å²) in [4.78, 5) is 15.7. The van der Waals surface area contributed by atoms with Gasteiger partial charge in [0.05, 0.1) is 12.8 Å². The van der Waals surface area contributed by atoms with Crippen LogP contribution in [0.4, 0.5) is 18.9 Å². The Morgan fingerprint density at radius 3 is 2.41 bits per heavy atom. The SMILES string of the molecule is C=CC(=O)Nc1cc(/C=C/C2CCCCC2)c(OC)nc1C#N.CC.FC(F)F.